The lowest BCUT2D eigenvalue weighted by atomic mass is 9.92. The van der Waals surface area contributed by atoms with Crippen LogP contribution in [0.1, 0.15) is 19.8 Å². The van der Waals surface area contributed by atoms with Gasteiger partial charge in [0.1, 0.15) is 0 Å². The highest BCUT2D eigenvalue weighted by Gasteiger charge is 2.77. The van der Waals surface area contributed by atoms with Crippen molar-refractivity contribution in [2.75, 3.05) is 13.1 Å². The summed E-state index contributed by atoms with van der Waals surface area (Å²) in [5.41, 5.74) is -0.613. The van der Waals surface area contributed by atoms with Gasteiger partial charge in [-0.05, 0) is 25.9 Å². The topological polar surface area (TPSA) is 12.0 Å². The third-order valence-electron chi connectivity index (χ3n) is 3.45. The first kappa shape index (κ1) is 7.47. The van der Waals surface area contributed by atoms with Crippen molar-refractivity contribution in [2.24, 2.45) is 11.3 Å². The van der Waals surface area contributed by atoms with Crippen molar-refractivity contribution in [3.63, 3.8) is 0 Å². The maximum absolute atomic E-state index is 13.0. The van der Waals surface area contributed by atoms with Gasteiger partial charge in [-0.1, -0.05) is 6.92 Å². The Labute approximate surface area is 65.2 Å². The SMILES string of the molecule is CC1C(F)(F)C12CCNCC2. The van der Waals surface area contributed by atoms with Gasteiger partial charge in [0.25, 0.3) is 5.92 Å². The molecule has 0 aromatic heterocycles. The molecule has 2 aliphatic rings. The molecule has 1 nitrogen and oxygen atoms in total. The van der Waals surface area contributed by atoms with E-state index in [0.29, 0.717) is 12.8 Å². The molecule has 0 amide bonds. The molecule has 1 N–H and O–H groups in total. The van der Waals surface area contributed by atoms with E-state index in [1.807, 2.05) is 0 Å². The fourth-order valence-corrected chi connectivity index (χ4v) is 2.35. The lowest BCUT2D eigenvalue weighted by Crippen LogP contribution is -2.32. The van der Waals surface area contributed by atoms with Crippen LogP contribution in [0.5, 0.6) is 0 Å². The summed E-state index contributed by atoms with van der Waals surface area (Å²) in [6.07, 6.45) is 1.31. The quantitative estimate of drug-likeness (QED) is 0.569. The largest absolute Gasteiger partial charge is 0.317 e. The van der Waals surface area contributed by atoms with E-state index in [1.165, 1.54) is 0 Å². The zero-order valence-electron chi connectivity index (χ0n) is 6.66. The van der Waals surface area contributed by atoms with Crippen LogP contribution in [-0.4, -0.2) is 19.0 Å². The number of halogens is 2. The van der Waals surface area contributed by atoms with Gasteiger partial charge in [0.05, 0.1) is 0 Å². The van der Waals surface area contributed by atoms with Crippen LogP contribution >= 0.6 is 0 Å². The van der Waals surface area contributed by atoms with Crippen molar-refractivity contribution in [3.05, 3.63) is 0 Å². The third kappa shape index (κ3) is 0.723. The lowest BCUT2D eigenvalue weighted by Gasteiger charge is -2.22. The molecule has 1 saturated carbocycles. The van der Waals surface area contributed by atoms with Crippen LogP contribution in [0.25, 0.3) is 0 Å². The smallest absolute Gasteiger partial charge is 0.257 e. The second-order valence-corrected chi connectivity index (χ2v) is 3.75. The normalized spacial score (nSPS) is 39.0. The van der Waals surface area contributed by atoms with Gasteiger partial charge < -0.3 is 5.32 Å². The first-order valence-electron chi connectivity index (χ1n) is 4.20. The van der Waals surface area contributed by atoms with E-state index in [1.54, 1.807) is 6.92 Å². The van der Waals surface area contributed by atoms with E-state index in [2.05, 4.69) is 5.32 Å². The summed E-state index contributed by atoms with van der Waals surface area (Å²) >= 11 is 0. The van der Waals surface area contributed by atoms with E-state index in [0.717, 1.165) is 13.1 Å². The molecule has 1 saturated heterocycles. The first-order chi connectivity index (χ1) is 5.11. The summed E-state index contributed by atoms with van der Waals surface area (Å²) < 4.78 is 26.1. The van der Waals surface area contributed by atoms with Crippen molar-refractivity contribution < 1.29 is 8.78 Å². The maximum atomic E-state index is 13.0. The molecule has 1 heterocycles. The minimum absolute atomic E-state index is 0.378. The zero-order chi connectivity index (χ0) is 8.11. The van der Waals surface area contributed by atoms with Gasteiger partial charge in [-0.25, -0.2) is 8.78 Å². The standard InChI is InChI=1S/C8H13F2N/c1-6-7(8(6,9)10)2-4-11-5-3-7/h6,11H,2-5H2,1H3. The molecule has 0 radical (unpaired) electrons. The van der Waals surface area contributed by atoms with Crippen LogP contribution in [0.15, 0.2) is 0 Å². The molecule has 0 aromatic rings. The van der Waals surface area contributed by atoms with Gasteiger partial charge >= 0.3 is 0 Å². The van der Waals surface area contributed by atoms with Crippen LogP contribution in [0.3, 0.4) is 0 Å². The Kier molecular flexibility index (Phi) is 1.32. The fraction of sp³-hybridized carbons (Fsp3) is 1.00. The van der Waals surface area contributed by atoms with E-state index in [9.17, 15) is 8.78 Å². The Morgan fingerprint density at radius 1 is 1.27 bits per heavy atom. The Morgan fingerprint density at radius 3 is 2.00 bits per heavy atom. The number of rotatable bonds is 0. The highest BCUT2D eigenvalue weighted by Crippen LogP contribution is 2.69. The molecular weight excluding hydrogens is 148 g/mol. The van der Waals surface area contributed by atoms with Crippen molar-refractivity contribution in [1.82, 2.24) is 5.32 Å². The molecule has 64 valence electrons. The minimum atomic E-state index is -2.37. The molecule has 1 unspecified atom stereocenters. The summed E-state index contributed by atoms with van der Waals surface area (Å²) in [7, 11) is 0. The second-order valence-electron chi connectivity index (χ2n) is 3.75. The summed E-state index contributed by atoms with van der Waals surface area (Å²) in [6.45, 7) is 3.20. The van der Waals surface area contributed by atoms with Gasteiger partial charge in [0.2, 0.25) is 0 Å². The van der Waals surface area contributed by atoms with Gasteiger partial charge in [-0.3, -0.25) is 0 Å². The zero-order valence-corrected chi connectivity index (χ0v) is 6.66. The van der Waals surface area contributed by atoms with Gasteiger partial charge in [-0.15, -0.1) is 0 Å². The number of hydrogen-bond donors (Lipinski definition) is 1. The van der Waals surface area contributed by atoms with E-state index >= 15 is 0 Å². The van der Waals surface area contributed by atoms with Crippen molar-refractivity contribution >= 4 is 0 Å². The lowest BCUT2D eigenvalue weighted by molar-refractivity contribution is 0.0471. The van der Waals surface area contributed by atoms with Crippen LogP contribution in [-0.2, 0) is 0 Å². The number of alkyl halides is 2. The van der Waals surface area contributed by atoms with Crippen LogP contribution < -0.4 is 5.32 Å². The molecule has 3 heteroatoms. The highest BCUT2D eigenvalue weighted by molar-refractivity contribution is 5.17. The molecule has 11 heavy (non-hydrogen) atoms. The average Bonchev–Trinajstić information content (AvgIpc) is 2.39. The molecule has 1 aliphatic heterocycles. The van der Waals surface area contributed by atoms with Gasteiger partial charge in [0, 0.05) is 11.3 Å². The number of nitrogens with one attached hydrogen (secondary N) is 1. The molecule has 1 aliphatic carbocycles. The molecule has 2 rings (SSSR count). The average molecular weight is 161 g/mol. The van der Waals surface area contributed by atoms with E-state index in [4.69, 9.17) is 0 Å². The molecular formula is C8H13F2N. The summed E-state index contributed by atoms with van der Waals surface area (Å²) in [6, 6.07) is 0. The number of piperidine rings is 1. The first-order valence-corrected chi connectivity index (χ1v) is 4.20. The molecule has 1 atom stereocenters. The van der Waals surface area contributed by atoms with Crippen molar-refractivity contribution in [3.8, 4) is 0 Å². The molecule has 0 aromatic carbocycles. The Morgan fingerprint density at radius 2 is 1.73 bits per heavy atom. The highest BCUT2D eigenvalue weighted by atomic mass is 19.3. The molecule has 0 bridgehead atoms. The van der Waals surface area contributed by atoms with Crippen LogP contribution in [0.2, 0.25) is 0 Å². The van der Waals surface area contributed by atoms with E-state index in [-0.39, 0.29) is 5.92 Å². The van der Waals surface area contributed by atoms with Crippen molar-refractivity contribution in [2.45, 2.75) is 25.7 Å². The van der Waals surface area contributed by atoms with Crippen molar-refractivity contribution in [1.29, 1.82) is 0 Å². The Hall–Kier alpha value is -0.180. The number of hydrogen-bond acceptors (Lipinski definition) is 1. The minimum Gasteiger partial charge on any atom is -0.317 e. The summed E-state index contributed by atoms with van der Waals surface area (Å²) in [4.78, 5) is 0. The van der Waals surface area contributed by atoms with Gasteiger partial charge in [-0.2, -0.15) is 0 Å². The van der Waals surface area contributed by atoms with Gasteiger partial charge in [0.15, 0.2) is 0 Å². The maximum Gasteiger partial charge on any atom is 0.257 e. The molecule has 1 spiro atoms. The monoisotopic (exact) mass is 161 g/mol. The summed E-state index contributed by atoms with van der Waals surface area (Å²) in [5.74, 6) is -2.74. The summed E-state index contributed by atoms with van der Waals surface area (Å²) in [5, 5.41) is 3.11. The Bertz CT molecular complexity index is 173. The predicted molar refractivity (Wildman–Crippen MR) is 38.6 cm³/mol. The third-order valence-corrected chi connectivity index (χ3v) is 3.45. The van der Waals surface area contributed by atoms with Crippen LogP contribution in [0, 0.1) is 11.3 Å². The molecule has 2 fully saturated rings. The van der Waals surface area contributed by atoms with E-state index < -0.39 is 11.3 Å². The second kappa shape index (κ2) is 1.94. The fourth-order valence-electron chi connectivity index (χ4n) is 2.35. The van der Waals surface area contributed by atoms with Crippen LogP contribution in [0.4, 0.5) is 8.78 Å². The Balaban J connectivity index is 2.13. The predicted octanol–water partition coefficient (Wildman–Crippen LogP) is 1.64.